The van der Waals surface area contributed by atoms with Crippen LogP contribution < -0.4 is 0 Å². The molecule has 102 valence electrons. The Bertz CT molecular complexity index is 505. The van der Waals surface area contributed by atoms with Gasteiger partial charge in [0.25, 0.3) is 5.91 Å². The molecule has 2 atom stereocenters. The number of nitrogens with zero attached hydrogens (tertiary/aromatic N) is 1. The van der Waals surface area contributed by atoms with E-state index in [1.807, 2.05) is 4.90 Å². The summed E-state index contributed by atoms with van der Waals surface area (Å²) in [5.41, 5.74) is 1.15. The Morgan fingerprint density at radius 1 is 1.32 bits per heavy atom. The molecule has 4 heteroatoms. The second kappa shape index (κ2) is 4.89. The number of carbonyl (C=O) groups is 1. The lowest BCUT2D eigenvalue weighted by Crippen LogP contribution is -2.46. The fourth-order valence-corrected chi connectivity index (χ4v) is 4.23. The van der Waals surface area contributed by atoms with Crippen LogP contribution >= 0.6 is 15.9 Å². The largest absolute Gasteiger partial charge is 0.333 e. The molecule has 0 aliphatic carbocycles. The summed E-state index contributed by atoms with van der Waals surface area (Å²) >= 11 is 3.68. The van der Waals surface area contributed by atoms with Crippen LogP contribution in [-0.2, 0) is 0 Å². The maximum atomic E-state index is 13.3. The molecular weight excluding hydrogens is 309 g/mol. The van der Waals surface area contributed by atoms with Gasteiger partial charge in [-0.2, -0.15) is 0 Å². The molecule has 2 heterocycles. The van der Waals surface area contributed by atoms with Gasteiger partial charge in [-0.15, -0.1) is 0 Å². The number of halogens is 2. The van der Waals surface area contributed by atoms with Gasteiger partial charge in [0, 0.05) is 22.5 Å². The van der Waals surface area contributed by atoms with Crippen LogP contribution in [0.3, 0.4) is 0 Å². The van der Waals surface area contributed by atoms with Crippen LogP contribution in [-0.4, -0.2) is 27.7 Å². The summed E-state index contributed by atoms with van der Waals surface area (Å²) < 4.78 is 13.3. The fraction of sp³-hybridized carbons (Fsp3) is 0.533. The number of hydrogen-bond donors (Lipinski definition) is 0. The molecule has 2 unspecified atom stereocenters. The fourth-order valence-electron chi connectivity index (χ4n) is 3.37. The molecule has 3 rings (SSSR count). The standard InChI is InChI=1S/C15H17BrFNO/c1-9-6-10(2-5-14(9)17)15(19)18-12-3-4-13(18)8-11(16)7-12/h2,5-6,11-13H,3-4,7-8H2,1H3. The number of rotatable bonds is 1. The molecule has 0 aromatic heterocycles. The highest BCUT2D eigenvalue weighted by molar-refractivity contribution is 9.09. The molecule has 2 saturated heterocycles. The number of hydrogen-bond acceptors (Lipinski definition) is 1. The zero-order chi connectivity index (χ0) is 13.6. The molecule has 2 fully saturated rings. The van der Waals surface area contributed by atoms with Gasteiger partial charge in [0.05, 0.1) is 0 Å². The maximum absolute atomic E-state index is 13.3. The summed E-state index contributed by atoms with van der Waals surface area (Å²) in [7, 11) is 0. The second-order valence-corrected chi connectivity index (χ2v) is 6.93. The predicted molar refractivity (Wildman–Crippen MR) is 76.1 cm³/mol. The number of aryl methyl sites for hydroxylation is 1. The smallest absolute Gasteiger partial charge is 0.254 e. The van der Waals surface area contributed by atoms with Crippen LogP contribution in [0.25, 0.3) is 0 Å². The molecule has 1 aromatic carbocycles. The molecule has 0 N–H and O–H groups in total. The molecular formula is C15H17BrFNO. The van der Waals surface area contributed by atoms with Gasteiger partial charge in [-0.1, -0.05) is 15.9 Å². The molecule has 2 aliphatic rings. The second-order valence-electron chi connectivity index (χ2n) is 5.63. The third-order valence-electron chi connectivity index (χ3n) is 4.31. The lowest BCUT2D eigenvalue weighted by molar-refractivity contribution is 0.0603. The summed E-state index contributed by atoms with van der Waals surface area (Å²) in [5, 5.41) is 0. The van der Waals surface area contributed by atoms with Gasteiger partial charge in [-0.05, 0) is 56.4 Å². The van der Waals surface area contributed by atoms with E-state index in [0.717, 1.165) is 25.7 Å². The van der Waals surface area contributed by atoms with Crippen molar-refractivity contribution in [1.29, 1.82) is 0 Å². The first-order chi connectivity index (χ1) is 9.06. The van der Waals surface area contributed by atoms with Crippen LogP contribution in [0, 0.1) is 12.7 Å². The van der Waals surface area contributed by atoms with E-state index < -0.39 is 0 Å². The minimum Gasteiger partial charge on any atom is -0.333 e. The molecule has 2 nitrogen and oxygen atoms in total. The predicted octanol–water partition coefficient (Wildman–Crippen LogP) is 3.66. The van der Waals surface area contributed by atoms with Crippen molar-refractivity contribution in [2.24, 2.45) is 0 Å². The topological polar surface area (TPSA) is 20.3 Å². The number of benzene rings is 1. The highest BCUT2D eigenvalue weighted by Crippen LogP contribution is 2.39. The van der Waals surface area contributed by atoms with Crippen molar-refractivity contribution < 1.29 is 9.18 Å². The highest BCUT2D eigenvalue weighted by atomic mass is 79.9. The minimum atomic E-state index is -0.251. The van der Waals surface area contributed by atoms with E-state index in [0.29, 0.717) is 28.0 Å². The first-order valence-corrected chi connectivity index (χ1v) is 7.70. The zero-order valence-corrected chi connectivity index (χ0v) is 12.5. The lowest BCUT2D eigenvalue weighted by Gasteiger charge is -2.37. The van der Waals surface area contributed by atoms with Crippen molar-refractivity contribution >= 4 is 21.8 Å². The van der Waals surface area contributed by atoms with Gasteiger partial charge in [-0.25, -0.2) is 4.39 Å². The Balaban J connectivity index is 1.86. The summed E-state index contributed by atoms with van der Waals surface area (Å²) in [4.78, 5) is 15.2. The van der Waals surface area contributed by atoms with Crippen LogP contribution in [0.1, 0.15) is 41.6 Å². The van der Waals surface area contributed by atoms with Gasteiger partial charge >= 0.3 is 0 Å². The SMILES string of the molecule is Cc1cc(C(=O)N2C3CCC2CC(Br)C3)ccc1F. The van der Waals surface area contributed by atoms with E-state index in [1.165, 1.54) is 6.07 Å². The van der Waals surface area contributed by atoms with Gasteiger partial charge in [0.2, 0.25) is 0 Å². The highest BCUT2D eigenvalue weighted by Gasteiger charge is 2.42. The number of fused-ring (bicyclic) bond motifs is 2. The van der Waals surface area contributed by atoms with Crippen LogP contribution in [0.15, 0.2) is 18.2 Å². The Morgan fingerprint density at radius 2 is 1.95 bits per heavy atom. The number of alkyl halides is 1. The monoisotopic (exact) mass is 325 g/mol. The van der Waals surface area contributed by atoms with Gasteiger partial charge < -0.3 is 4.90 Å². The first-order valence-electron chi connectivity index (χ1n) is 6.79. The molecule has 2 aliphatic heterocycles. The van der Waals surface area contributed by atoms with Crippen molar-refractivity contribution in [2.45, 2.75) is 49.5 Å². The van der Waals surface area contributed by atoms with E-state index in [2.05, 4.69) is 15.9 Å². The first kappa shape index (κ1) is 13.1. The number of amides is 1. The van der Waals surface area contributed by atoms with Gasteiger partial charge in [-0.3, -0.25) is 4.79 Å². The molecule has 0 saturated carbocycles. The number of carbonyl (C=O) groups excluding carboxylic acids is 1. The van der Waals surface area contributed by atoms with Gasteiger partial charge in [0.1, 0.15) is 5.82 Å². The Labute approximate surface area is 121 Å². The maximum Gasteiger partial charge on any atom is 0.254 e. The van der Waals surface area contributed by atoms with E-state index in [-0.39, 0.29) is 11.7 Å². The lowest BCUT2D eigenvalue weighted by atomic mass is 10.0. The Morgan fingerprint density at radius 3 is 2.53 bits per heavy atom. The normalized spacial score (nSPS) is 29.6. The molecule has 2 bridgehead atoms. The van der Waals surface area contributed by atoms with Crippen molar-refractivity contribution in [3.63, 3.8) is 0 Å². The van der Waals surface area contributed by atoms with Crippen LogP contribution in [0.5, 0.6) is 0 Å². The van der Waals surface area contributed by atoms with Crippen molar-refractivity contribution in [3.8, 4) is 0 Å². The third-order valence-corrected chi connectivity index (χ3v) is 5.06. The van der Waals surface area contributed by atoms with Crippen molar-refractivity contribution in [3.05, 3.63) is 35.1 Å². The minimum absolute atomic E-state index is 0.0648. The van der Waals surface area contributed by atoms with Crippen molar-refractivity contribution in [1.82, 2.24) is 4.90 Å². The summed E-state index contributed by atoms with van der Waals surface area (Å²) in [6, 6.07) is 5.35. The average molecular weight is 326 g/mol. The molecule has 19 heavy (non-hydrogen) atoms. The third kappa shape index (κ3) is 2.31. The zero-order valence-electron chi connectivity index (χ0n) is 10.9. The van der Waals surface area contributed by atoms with Crippen LogP contribution in [0.4, 0.5) is 4.39 Å². The van der Waals surface area contributed by atoms with E-state index in [9.17, 15) is 9.18 Å². The summed E-state index contributed by atoms with van der Waals surface area (Å²) in [6.07, 6.45) is 4.25. The molecule has 1 amide bonds. The quantitative estimate of drug-likeness (QED) is 0.721. The summed E-state index contributed by atoms with van der Waals surface area (Å²) in [5.74, 6) is -0.186. The van der Waals surface area contributed by atoms with E-state index in [4.69, 9.17) is 0 Å². The average Bonchev–Trinajstić information content (AvgIpc) is 2.64. The number of piperidine rings is 1. The Hall–Kier alpha value is -0.900. The Kier molecular flexibility index (Phi) is 3.37. The summed E-state index contributed by atoms with van der Waals surface area (Å²) in [6.45, 7) is 1.70. The van der Waals surface area contributed by atoms with E-state index in [1.54, 1.807) is 19.1 Å². The molecule has 1 aromatic rings. The van der Waals surface area contributed by atoms with Crippen LogP contribution in [0.2, 0.25) is 0 Å². The van der Waals surface area contributed by atoms with E-state index >= 15 is 0 Å². The molecule has 0 spiro atoms. The van der Waals surface area contributed by atoms with Crippen molar-refractivity contribution in [2.75, 3.05) is 0 Å². The molecule has 0 radical (unpaired) electrons. The van der Waals surface area contributed by atoms with Gasteiger partial charge in [0.15, 0.2) is 0 Å².